The van der Waals surface area contributed by atoms with Crippen molar-refractivity contribution >= 4 is 29.9 Å². The Hall–Kier alpha value is -0.780. The third-order valence-electron chi connectivity index (χ3n) is 3.37. The van der Waals surface area contributed by atoms with Crippen LogP contribution in [0.25, 0.3) is 0 Å². The van der Waals surface area contributed by atoms with Crippen LogP contribution >= 0.6 is 24.0 Å². The van der Waals surface area contributed by atoms with Gasteiger partial charge in [0.05, 0.1) is 6.54 Å². The van der Waals surface area contributed by atoms with Crippen LogP contribution in [0.15, 0.2) is 23.2 Å². The van der Waals surface area contributed by atoms with E-state index in [1.54, 1.807) is 0 Å². The lowest BCUT2D eigenvalue weighted by atomic mass is 10.1. The van der Waals surface area contributed by atoms with E-state index in [9.17, 15) is 0 Å². The number of aliphatic imine (C=N–C) groups is 1. The van der Waals surface area contributed by atoms with Crippen LogP contribution < -0.4 is 0 Å². The molecule has 0 aromatic heterocycles. The third-order valence-corrected chi connectivity index (χ3v) is 3.37. The standard InChI is InChI=1S/C15H23N3.HI/c1-17(2)15(18(3)4)16-11-12-8-9-13-6-5-7-14(13)10-12;/h8-10H,5-7,11H2,1-4H3;1H. The lowest BCUT2D eigenvalue weighted by Gasteiger charge is -2.22. The first-order chi connectivity index (χ1) is 8.58. The predicted molar refractivity (Wildman–Crippen MR) is 92.4 cm³/mol. The second-order valence-electron chi connectivity index (χ2n) is 5.36. The maximum absolute atomic E-state index is 4.69. The Morgan fingerprint density at radius 1 is 1.05 bits per heavy atom. The van der Waals surface area contributed by atoms with Gasteiger partial charge in [-0.05, 0) is 36.0 Å². The number of halogens is 1. The highest BCUT2D eigenvalue weighted by Crippen LogP contribution is 2.23. The number of fused-ring (bicyclic) bond motifs is 1. The van der Waals surface area contributed by atoms with Gasteiger partial charge in [0.2, 0.25) is 0 Å². The summed E-state index contributed by atoms with van der Waals surface area (Å²) in [4.78, 5) is 8.78. The molecule has 0 N–H and O–H groups in total. The molecule has 106 valence electrons. The summed E-state index contributed by atoms with van der Waals surface area (Å²) in [6, 6.07) is 6.82. The van der Waals surface area contributed by atoms with E-state index < -0.39 is 0 Å². The molecule has 1 aromatic carbocycles. The first kappa shape index (κ1) is 16.3. The van der Waals surface area contributed by atoms with Gasteiger partial charge in [-0.25, -0.2) is 4.99 Å². The van der Waals surface area contributed by atoms with E-state index in [1.165, 1.54) is 36.0 Å². The van der Waals surface area contributed by atoms with Gasteiger partial charge >= 0.3 is 0 Å². The molecule has 0 spiro atoms. The molecule has 1 aliphatic rings. The van der Waals surface area contributed by atoms with Gasteiger partial charge in [0.1, 0.15) is 0 Å². The largest absolute Gasteiger partial charge is 0.349 e. The van der Waals surface area contributed by atoms with Crippen LogP contribution in [0, 0.1) is 0 Å². The number of rotatable bonds is 2. The fraction of sp³-hybridized carbons (Fsp3) is 0.533. The van der Waals surface area contributed by atoms with E-state index >= 15 is 0 Å². The molecule has 0 fully saturated rings. The van der Waals surface area contributed by atoms with Crippen LogP contribution in [0.2, 0.25) is 0 Å². The summed E-state index contributed by atoms with van der Waals surface area (Å²) in [6.07, 6.45) is 3.79. The summed E-state index contributed by atoms with van der Waals surface area (Å²) in [5.41, 5.74) is 4.37. The van der Waals surface area contributed by atoms with Crippen molar-refractivity contribution in [2.75, 3.05) is 28.2 Å². The first-order valence-electron chi connectivity index (χ1n) is 6.57. The van der Waals surface area contributed by atoms with Crippen LogP contribution in [-0.4, -0.2) is 44.0 Å². The van der Waals surface area contributed by atoms with Gasteiger partial charge in [-0.15, -0.1) is 24.0 Å². The van der Waals surface area contributed by atoms with Crippen molar-refractivity contribution in [3.8, 4) is 0 Å². The topological polar surface area (TPSA) is 18.8 Å². The highest BCUT2D eigenvalue weighted by molar-refractivity contribution is 14.0. The molecule has 1 aromatic rings. The third kappa shape index (κ3) is 4.09. The van der Waals surface area contributed by atoms with Gasteiger partial charge in [0.25, 0.3) is 0 Å². The monoisotopic (exact) mass is 373 g/mol. The maximum Gasteiger partial charge on any atom is 0.195 e. The second kappa shape index (κ2) is 7.12. The molecular weight excluding hydrogens is 349 g/mol. The van der Waals surface area contributed by atoms with Crippen LogP contribution in [0.1, 0.15) is 23.1 Å². The van der Waals surface area contributed by atoms with Crippen molar-refractivity contribution in [3.63, 3.8) is 0 Å². The number of nitrogens with zero attached hydrogens (tertiary/aromatic N) is 3. The predicted octanol–water partition coefficient (Wildman–Crippen LogP) is 2.77. The fourth-order valence-electron chi connectivity index (χ4n) is 2.57. The molecule has 0 bridgehead atoms. The highest BCUT2D eigenvalue weighted by Gasteiger charge is 2.11. The molecule has 2 rings (SSSR count). The van der Waals surface area contributed by atoms with Gasteiger partial charge in [0.15, 0.2) is 5.96 Å². The quantitative estimate of drug-likeness (QED) is 0.451. The molecule has 3 nitrogen and oxygen atoms in total. The zero-order chi connectivity index (χ0) is 13.1. The number of hydrogen-bond donors (Lipinski definition) is 0. The summed E-state index contributed by atoms with van der Waals surface area (Å²) in [5, 5.41) is 0. The Morgan fingerprint density at radius 3 is 2.32 bits per heavy atom. The zero-order valence-corrected chi connectivity index (χ0v) is 14.6. The molecule has 19 heavy (non-hydrogen) atoms. The smallest absolute Gasteiger partial charge is 0.195 e. The number of aryl methyl sites for hydroxylation is 2. The Morgan fingerprint density at radius 2 is 1.68 bits per heavy atom. The molecule has 0 heterocycles. The molecule has 1 aliphatic carbocycles. The molecular formula is C15H24IN3. The summed E-state index contributed by atoms with van der Waals surface area (Å²) in [5.74, 6) is 1.01. The van der Waals surface area contributed by atoms with Crippen LogP contribution in [0.4, 0.5) is 0 Å². The molecule has 0 saturated heterocycles. The van der Waals surface area contributed by atoms with E-state index in [2.05, 4.69) is 23.2 Å². The molecule has 0 unspecified atom stereocenters. The maximum atomic E-state index is 4.69. The summed E-state index contributed by atoms with van der Waals surface area (Å²) in [6.45, 7) is 0.763. The van der Waals surface area contributed by atoms with Crippen molar-refractivity contribution in [2.24, 2.45) is 4.99 Å². The van der Waals surface area contributed by atoms with Gasteiger partial charge in [-0.3, -0.25) is 0 Å². The Bertz CT molecular complexity index is 443. The molecule has 0 saturated carbocycles. The Balaban J connectivity index is 0.00000180. The van der Waals surface area contributed by atoms with Gasteiger partial charge < -0.3 is 9.80 Å². The van der Waals surface area contributed by atoms with E-state index in [-0.39, 0.29) is 24.0 Å². The minimum atomic E-state index is 0. The van der Waals surface area contributed by atoms with Gasteiger partial charge in [-0.2, -0.15) is 0 Å². The van der Waals surface area contributed by atoms with Gasteiger partial charge in [0, 0.05) is 28.2 Å². The minimum Gasteiger partial charge on any atom is -0.349 e. The molecule has 0 atom stereocenters. The van der Waals surface area contributed by atoms with Gasteiger partial charge in [-0.1, -0.05) is 18.2 Å². The molecule has 0 amide bonds. The average Bonchev–Trinajstić information content (AvgIpc) is 2.75. The van der Waals surface area contributed by atoms with E-state index in [1.807, 2.05) is 38.0 Å². The van der Waals surface area contributed by atoms with E-state index in [0.29, 0.717) is 0 Å². The second-order valence-corrected chi connectivity index (χ2v) is 5.36. The fourth-order valence-corrected chi connectivity index (χ4v) is 2.57. The normalized spacial score (nSPS) is 12.4. The van der Waals surface area contributed by atoms with E-state index in [0.717, 1.165) is 12.5 Å². The zero-order valence-electron chi connectivity index (χ0n) is 12.3. The molecule has 0 aliphatic heterocycles. The highest BCUT2D eigenvalue weighted by atomic mass is 127. The number of hydrogen-bond acceptors (Lipinski definition) is 1. The lowest BCUT2D eigenvalue weighted by molar-refractivity contribution is 0.479. The van der Waals surface area contributed by atoms with Crippen molar-refractivity contribution in [3.05, 3.63) is 34.9 Å². The van der Waals surface area contributed by atoms with Crippen LogP contribution in [-0.2, 0) is 19.4 Å². The van der Waals surface area contributed by atoms with Crippen molar-refractivity contribution in [1.82, 2.24) is 9.80 Å². The Labute approximate surface area is 133 Å². The molecule has 4 heteroatoms. The van der Waals surface area contributed by atoms with Crippen molar-refractivity contribution < 1.29 is 0 Å². The minimum absolute atomic E-state index is 0. The van der Waals surface area contributed by atoms with E-state index in [4.69, 9.17) is 0 Å². The van der Waals surface area contributed by atoms with Crippen molar-refractivity contribution in [1.29, 1.82) is 0 Å². The lowest BCUT2D eigenvalue weighted by Crippen LogP contribution is -2.35. The average molecular weight is 373 g/mol. The van der Waals surface area contributed by atoms with Crippen LogP contribution in [0.3, 0.4) is 0 Å². The SMILES string of the molecule is CN(C)C(=NCc1ccc2c(c1)CCC2)N(C)C.I. The Kier molecular flexibility index (Phi) is 6.10. The summed E-state index contributed by atoms with van der Waals surface area (Å²) >= 11 is 0. The summed E-state index contributed by atoms with van der Waals surface area (Å²) in [7, 11) is 8.12. The molecule has 0 radical (unpaired) electrons. The van der Waals surface area contributed by atoms with Crippen LogP contribution in [0.5, 0.6) is 0 Å². The first-order valence-corrected chi connectivity index (χ1v) is 6.57. The van der Waals surface area contributed by atoms with Crippen molar-refractivity contribution in [2.45, 2.75) is 25.8 Å². The number of benzene rings is 1. The number of guanidine groups is 1. The summed E-state index contributed by atoms with van der Waals surface area (Å²) < 4.78 is 0.